The van der Waals surface area contributed by atoms with Crippen LogP contribution in [0.1, 0.15) is 29.9 Å². The highest BCUT2D eigenvalue weighted by Gasteiger charge is 2.20. The molecule has 6 heteroatoms. The van der Waals surface area contributed by atoms with E-state index in [1.165, 1.54) is 5.56 Å². The van der Waals surface area contributed by atoms with Crippen LogP contribution in [0.4, 0.5) is 5.82 Å². The molecule has 0 aliphatic heterocycles. The third-order valence-electron chi connectivity index (χ3n) is 3.09. The number of pyridine rings is 1. The van der Waals surface area contributed by atoms with Crippen LogP contribution in [0.3, 0.4) is 0 Å². The van der Waals surface area contributed by atoms with Gasteiger partial charge in [0.05, 0.1) is 0 Å². The van der Waals surface area contributed by atoms with E-state index in [1.54, 1.807) is 24.5 Å². The van der Waals surface area contributed by atoms with Crippen molar-refractivity contribution >= 4 is 11.7 Å². The van der Waals surface area contributed by atoms with Gasteiger partial charge in [0, 0.05) is 24.4 Å². The van der Waals surface area contributed by atoms with E-state index in [0.717, 1.165) is 0 Å². The third-order valence-corrected chi connectivity index (χ3v) is 3.09. The van der Waals surface area contributed by atoms with Crippen LogP contribution in [-0.4, -0.2) is 27.6 Å². The van der Waals surface area contributed by atoms with Crippen LogP contribution in [-0.2, 0) is 5.41 Å². The van der Waals surface area contributed by atoms with E-state index in [0.29, 0.717) is 12.4 Å². The number of carbonyl (C=O) groups is 1. The van der Waals surface area contributed by atoms with E-state index < -0.39 is 5.91 Å². The highest BCUT2D eigenvalue weighted by Crippen LogP contribution is 2.22. The van der Waals surface area contributed by atoms with Gasteiger partial charge in [0.15, 0.2) is 5.69 Å². The van der Waals surface area contributed by atoms with Gasteiger partial charge in [-0.15, -0.1) is 10.2 Å². The summed E-state index contributed by atoms with van der Waals surface area (Å²) in [6.45, 7) is 4.93. The standard InChI is InChI=1S/C14H17N5O/c1-14(2,10-5-7-16-8-6-10)9-17-12-4-3-11(13(15)20)18-19-12/h3-8H,9H2,1-2H3,(H2,15,20)(H,17,19). The SMILES string of the molecule is CC(C)(CNc1ccc(C(N)=O)nn1)c1ccncc1. The molecule has 2 heterocycles. The van der Waals surface area contributed by atoms with Crippen molar-refractivity contribution in [3.05, 3.63) is 47.9 Å². The number of primary amides is 1. The average molecular weight is 271 g/mol. The van der Waals surface area contributed by atoms with Crippen LogP contribution >= 0.6 is 0 Å². The summed E-state index contributed by atoms with van der Waals surface area (Å²) in [6.07, 6.45) is 3.55. The van der Waals surface area contributed by atoms with Crippen molar-refractivity contribution in [2.45, 2.75) is 19.3 Å². The minimum absolute atomic E-state index is 0.0764. The van der Waals surface area contributed by atoms with E-state index in [9.17, 15) is 4.79 Å². The van der Waals surface area contributed by atoms with Crippen LogP contribution in [0, 0.1) is 0 Å². The van der Waals surface area contributed by atoms with Crippen molar-refractivity contribution in [3.8, 4) is 0 Å². The molecule has 104 valence electrons. The molecule has 0 aromatic carbocycles. The molecule has 0 fully saturated rings. The van der Waals surface area contributed by atoms with Crippen LogP contribution < -0.4 is 11.1 Å². The Balaban J connectivity index is 2.03. The summed E-state index contributed by atoms with van der Waals surface area (Å²) in [5, 5.41) is 10.9. The zero-order valence-electron chi connectivity index (χ0n) is 11.5. The van der Waals surface area contributed by atoms with Gasteiger partial charge in [-0.3, -0.25) is 9.78 Å². The number of anilines is 1. The summed E-state index contributed by atoms with van der Waals surface area (Å²) in [4.78, 5) is 14.9. The predicted molar refractivity (Wildman–Crippen MR) is 76.3 cm³/mol. The molecule has 20 heavy (non-hydrogen) atoms. The maximum Gasteiger partial charge on any atom is 0.269 e. The van der Waals surface area contributed by atoms with Gasteiger partial charge in [-0.2, -0.15) is 0 Å². The Morgan fingerprint density at radius 1 is 1.20 bits per heavy atom. The van der Waals surface area contributed by atoms with Crippen molar-refractivity contribution in [1.29, 1.82) is 0 Å². The van der Waals surface area contributed by atoms with Gasteiger partial charge < -0.3 is 11.1 Å². The number of nitrogens with one attached hydrogen (secondary N) is 1. The summed E-state index contributed by atoms with van der Waals surface area (Å²) in [6, 6.07) is 7.22. The lowest BCUT2D eigenvalue weighted by molar-refractivity contribution is 0.0994. The minimum atomic E-state index is -0.582. The molecule has 0 radical (unpaired) electrons. The fourth-order valence-corrected chi connectivity index (χ4v) is 1.77. The second kappa shape index (κ2) is 5.64. The normalized spacial score (nSPS) is 11.1. The van der Waals surface area contributed by atoms with Gasteiger partial charge in [0.2, 0.25) is 0 Å². The Morgan fingerprint density at radius 3 is 2.45 bits per heavy atom. The summed E-state index contributed by atoms with van der Waals surface area (Å²) in [5.74, 6) is 0.0262. The van der Waals surface area contributed by atoms with E-state index in [1.807, 2.05) is 12.1 Å². The number of nitrogens with zero attached hydrogens (tertiary/aromatic N) is 3. The Morgan fingerprint density at radius 2 is 1.90 bits per heavy atom. The molecule has 2 aromatic rings. The minimum Gasteiger partial charge on any atom is -0.368 e. The molecule has 3 N–H and O–H groups in total. The number of hydrogen-bond donors (Lipinski definition) is 2. The summed E-state index contributed by atoms with van der Waals surface area (Å²) >= 11 is 0. The fourth-order valence-electron chi connectivity index (χ4n) is 1.77. The van der Waals surface area contributed by atoms with Gasteiger partial charge >= 0.3 is 0 Å². The van der Waals surface area contributed by atoms with Gasteiger partial charge in [-0.25, -0.2) is 0 Å². The van der Waals surface area contributed by atoms with Crippen molar-refractivity contribution in [2.24, 2.45) is 5.73 Å². The zero-order valence-corrected chi connectivity index (χ0v) is 11.5. The first-order valence-electron chi connectivity index (χ1n) is 6.27. The molecule has 0 saturated carbocycles. The smallest absolute Gasteiger partial charge is 0.269 e. The van der Waals surface area contributed by atoms with Gasteiger partial charge in [-0.1, -0.05) is 13.8 Å². The zero-order chi connectivity index (χ0) is 14.6. The molecule has 0 saturated heterocycles. The first-order valence-corrected chi connectivity index (χ1v) is 6.27. The van der Waals surface area contributed by atoms with Crippen LogP contribution in [0.15, 0.2) is 36.7 Å². The topological polar surface area (TPSA) is 93.8 Å². The summed E-state index contributed by atoms with van der Waals surface area (Å²) < 4.78 is 0. The molecule has 2 aromatic heterocycles. The number of hydrogen-bond acceptors (Lipinski definition) is 5. The van der Waals surface area contributed by atoms with Crippen LogP contribution in [0.25, 0.3) is 0 Å². The Kier molecular flexibility index (Phi) is 3.93. The third kappa shape index (κ3) is 3.28. The van der Waals surface area contributed by atoms with E-state index in [-0.39, 0.29) is 11.1 Å². The first-order chi connectivity index (χ1) is 9.49. The average Bonchev–Trinajstić information content (AvgIpc) is 2.46. The number of nitrogens with two attached hydrogens (primary N) is 1. The van der Waals surface area contributed by atoms with Crippen LogP contribution in [0.5, 0.6) is 0 Å². The highest BCUT2D eigenvalue weighted by atomic mass is 16.1. The molecule has 0 aliphatic carbocycles. The first kappa shape index (κ1) is 13.9. The Bertz CT molecular complexity index is 580. The Hall–Kier alpha value is -2.50. The number of amides is 1. The molecule has 0 atom stereocenters. The Labute approximate surface area is 117 Å². The number of aromatic nitrogens is 3. The molecule has 0 bridgehead atoms. The molecule has 0 unspecified atom stereocenters. The van der Waals surface area contributed by atoms with E-state index in [4.69, 9.17) is 5.73 Å². The summed E-state index contributed by atoms with van der Waals surface area (Å²) in [5.41, 5.74) is 6.38. The lowest BCUT2D eigenvalue weighted by Gasteiger charge is -2.25. The second-order valence-corrected chi connectivity index (χ2v) is 5.14. The molecule has 0 spiro atoms. The van der Waals surface area contributed by atoms with Crippen LogP contribution in [0.2, 0.25) is 0 Å². The monoisotopic (exact) mass is 271 g/mol. The summed E-state index contributed by atoms with van der Waals surface area (Å²) in [7, 11) is 0. The largest absolute Gasteiger partial charge is 0.368 e. The van der Waals surface area contributed by atoms with Crippen molar-refractivity contribution in [1.82, 2.24) is 15.2 Å². The fraction of sp³-hybridized carbons (Fsp3) is 0.286. The molecule has 6 nitrogen and oxygen atoms in total. The van der Waals surface area contributed by atoms with Gasteiger partial charge in [0.1, 0.15) is 5.82 Å². The molecule has 1 amide bonds. The van der Waals surface area contributed by atoms with Crippen molar-refractivity contribution in [2.75, 3.05) is 11.9 Å². The highest BCUT2D eigenvalue weighted by molar-refractivity contribution is 5.90. The van der Waals surface area contributed by atoms with Crippen molar-refractivity contribution < 1.29 is 4.79 Å². The van der Waals surface area contributed by atoms with Crippen molar-refractivity contribution in [3.63, 3.8) is 0 Å². The molecule has 0 aliphatic rings. The predicted octanol–water partition coefficient (Wildman–Crippen LogP) is 1.36. The second-order valence-electron chi connectivity index (χ2n) is 5.14. The lowest BCUT2D eigenvalue weighted by atomic mass is 9.85. The number of rotatable bonds is 5. The lowest BCUT2D eigenvalue weighted by Crippen LogP contribution is -2.28. The maximum atomic E-state index is 10.9. The molecular formula is C14H17N5O. The molecular weight excluding hydrogens is 254 g/mol. The van der Waals surface area contributed by atoms with Gasteiger partial charge in [0.25, 0.3) is 5.91 Å². The maximum absolute atomic E-state index is 10.9. The van der Waals surface area contributed by atoms with E-state index >= 15 is 0 Å². The van der Waals surface area contributed by atoms with Gasteiger partial charge in [-0.05, 0) is 29.8 Å². The number of carbonyl (C=O) groups excluding carboxylic acids is 1. The van der Waals surface area contributed by atoms with E-state index in [2.05, 4.69) is 34.3 Å². The molecule has 2 rings (SSSR count). The quantitative estimate of drug-likeness (QED) is 0.856.